The quantitative estimate of drug-likeness (QED) is 0.892. The molecule has 2 aromatic carbocycles. The third-order valence-electron chi connectivity index (χ3n) is 3.62. The van der Waals surface area contributed by atoms with Crippen LogP contribution in [0.15, 0.2) is 59.6 Å². The summed E-state index contributed by atoms with van der Waals surface area (Å²) in [5.41, 5.74) is 4.90. The highest BCUT2D eigenvalue weighted by molar-refractivity contribution is 6.00. The molecule has 1 aliphatic rings. The van der Waals surface area contributed by atoms with Gasteiger partial charge in [0.25, 0.3) is 0 Å². The minimum atomic E-state index is 0.879. The summed E-state index contributed by atoms with van der Waals surface area (Å²) in [4.78, 5) is 4.45. The molecule has 0 unspecified atom stereocenters. The van der Waals surface area contributed by atoms with Crippen LogP contribution in [0.1, 0.15) is 24.5 Å². The van der Waals surface area contributed by atoms with Crippen molar-refractivity contribution >= 4 is 11.9 Å². The Labute approximate surface area is 126 Å². The van der Waals surface area contributed by atoms with Gasteiger partial charge in [0, 0.05) is 12.1 Å². The molecule has 2 nitrogen and oxygen atoms in total. The molecule has 0 aromatic heterocycles. The van der Waals surface area contributed by atoms with Gasteiger partial charge in [-0.25, -0.2) is 0 Å². The van der Waals surface area contributed by atoms with Crippen LogP contribution in [0.2, 0.25) is 0 Å². The molecule has 3 rings (SSSR count). The topological polar surface area (TPSA) is 24.4 Å². The average molecular weight is 276 g/mol. The van der Waals surface area contributed by atoms with E-state index in [-0.39, 0.29) is 0 Å². The molecule has 21 heavy (non-hydrogen) atoms. The number of amidine groups is 1. The molecule has 1 N–H and O–H groups in total. The maximum absolute atomic E-state index is 4.45. The third-order valence-corrected chi connectivity index (χ3v) is 3.62. The summed E-state index contributed by atoms with van der Waals surface area (Å²) in [6, 6.07) is 17.3. The fourth-order valence-corrected chi connectivity index (χ4v) is 2.45. The Morgan fingerprint density at radius 1 is 0.952 bits per heavy atom. The highest BCUT2D eigenvalue weighted by Gasteiger charge is 2.07. The normalized spacial score (nSPS) is 14.2. The van der Waals surface area contributed by atoms with E-state index in [0.717, 1.165) is 25.3 Å². The summed E-state index contributed by atoms with van der Waals surface area (Å²) >= 11 is 0. The van der Waals surface area contributed by atoms with E-state index in [1.165, 1.54) is 22.3 Å². The van der Waals surface area contributed by atoms with E-state index >= 15 is 0 Å². The summed E-state index contributed by atoms with van der Waals surface area (Å²) in [5, 5.41) is 3.30. The molecular formula is C19H20N2. The second-order valence-electron chi connectivity index (χ2n) is 5.17. The summed E-state index contributed by atoms with van der Waals surface area (Å²) < 4.78 is 0. The van der Waals surface area contributed by atoms with Gasteiger partial charge in [-0.1, -0.05) is 67.6 Å². The molecule has 2 heteroatoms. The van der Waals surface area contributed by atoms with Crippen molar-refractivity contribution in [2.75, 3.05) is 13.1 Å². The van der Waals surface area contributed by atoms with Crippen LogP contribution >= 0.6 is 0 Å². The van der Waals surface area contributed by atoms with Crippen LogP contribution in [0, 0.1) is 0 Å². The van der Waals surface area contributed by atoms with Gasteiger partial charge in [-0.05, 0) is 23.1 Å². The minimum absolute atomic E-state index is 0.879. The number of nitrogens with one attached hydrogen (secondary N) is 1. The minimum Gasteiger partial charge on any atom is -0.368 e. The van der Waals surface area contributed by atoms with Gasteiger partial charge in [-0.3, -0.25) is 4.99 Å². The van der Waals surface area contributed by atoms with Crippen molar-refractivity contribution in [2.24, 2.45) is 4.99 Å². The zero-order valence-electron chi connectivity index (χ0n) is 12.3. The Hall–Kier alpha value is -2.35. The van der Waals surface area contributed by atoms with E-state index in [0.29, 0.717) is 0 Å². The van der Waals surface area contributed by atoms with Crippen molar-refractivity contribution in [2.45, 2.75) is 13.3 Å². The second-order valence-corrected chi connectivity index (χ2v) is 5.17. The predicted molar refractivity (Wildman–Crippen MR) is 90.6 cm³/mol. The van der Waals surface area contributed by atoms with Crippen molar-refractivity contribution in [3.05, 3.63) is 65.7 Å². The molecule has 0 aliphatic carbocycles. The molecule has 0 radical (unpaired) electrons. The van der Waals surface area contributed by atoms with Gasteiger partial charge in [-0.15, -0.1) is 0 Å². The third kappa shape index (κ3) is 3.22. The van der Waals surface area contributed by atoms with Gasteiger partial charge in [0.15, 0.2) is 0 Å². The number of hydrogen-bond acceptors (Lipinski definition) is 2. The lowest BCUT2D eigenvalue weighted by Crippen LogP contribution is -2.19. The first kappa shape index (κ1) is 13.6. The standard InChI is InChI=1S/C19H20N2/c1-2-3-4-15-5-7-16(8-6-15)17-9-11-18(12-10-17)19-20-13-14-21-19/h3-12H,2,13-14H2,1H3,(H,20,21). The van der Waals surface area contributed by atoms with E-state index in [9.17, 15) is 0 Å². The molecule has 106 valence electrons. The number of aliphatic imine (C=N–C) groups is 1. The molecule has 0 saturated heterocycles. The Kier molecular flexibility index (Phi) is 4.15. The van der Waals surface area contributed by atoms with Gasteiger partial charge in [-0.2, -0.15) is 0 Å². The van der Waals surface area contributed by atoms with Crippen LogP contribution in [0.5, 0.6) is 0 Å². The first-order valence-electron chi connectivity index (χ1n) is 7.52. The van der Waals surface area contributed by atoms with Crippen molar-refractivity contribution in [1.29, 1.82) is 0 Å². The zero-order chi connectivity index (χ0) is 14.5. The van der Waals surface area contributed by atoms with Gasteiger partial charge in [0.2, 0.25) is 0 Å². The molecule has 0 amide bonds. The number of nitrogens with zero attached hydrogens (tertiary/aromatic N) is 1. The lowest BCUT2D eigenvalue weighted by molar-refractivity contribution is 0.960. The lowest BCUT2D eigenvalue weighted by atomic mass is 10.0. The average Bonchev–Trinajstić information content (AvgIpc) is 3.08. The Balaban J connectivity index is 1.78. The van der Waals surface area contributed by atoms with Crippen molar-refractivity contribution in [1.82, 2.24) is 5.32 Å². The van der Waals surface area contributed by atoms with Crippen LogP contribution in [0.4, 0.5) is 0 Å². The van der Waals surface area contributed by atoms with Gasteiger partial charge in [0.1, 0.15) is 5.84 Å². The maximum Gasteiger partial charge on any atom is 0.128 e. The summed E-state index contributed by atoms with van der Waals surface area (Å²) in [6.45, 7) is 3.98. The number of allylic oxidation sites excluding steroid dienone is 1. The highest BCUT2D eigenvalue weighted by atomic mass is 15.1. The molecule has 2 aromatic rings. The van der Waals surface area contributed by atoms with E-state index in [1.807, 2.05) is 0 Å². The van der Waals surface area contributed by atoms with Gasteiger partial charge in [0.05, 0.1) is 6.54 Å². The summed E-state index contributed by atoms with van der Waals surface area (Å²) in [5.74, 6) is 1.02. The van der Waals surface area contributed by atoms with Crippen LogP contribution in [0.3, 0.4) is 0 Å². The first-order valence-corrected chi connectivity index (χ1v) is 7.52. The number of hydrogen-bond donors (Lipinski definition) is 1. The van der Waals surface area contributed by atoms with Gasteiger partial charge >= 0.3 is 0 Å². The second kappa shape index (κ2) is 6.40. The number of benzene rings is 2. The van der Waals surface area contributed by atoms with E-state index in [4.69, 9.17) is 0 Å². The molecule has 1 heterocycles. The van der Waals surface area contributed by atoms with E-state index in [2.05, 4.69) is 77.9 Å². The van der Waals surface area contributed by atoms with Crippen LogP contribution in [-0.2, 0) is 0 Å². The van der Waals surface area contributed by atoms with Crippen molar-refractivity contribution < 1.29 is 0 Å². The molecule has 0 atom stereocenters. The molecule has 0 fully saturated rings. The van der Waals surface area contributed by atoms with Crippen LogP contribution in [-0.4, -0.2) is 18.9 Å². The fourth-order valence-electron chi connectivity index (χ4n) is 2.45. The smallest absolute Gasteiger partial charge is 0.128 e. The Bertz CT molecular complexity index is 649. The summed E-state index contributed by atoms with van der Waals surface area (Å²) in [7, 11) is 0. The molecule has 0 saturated carbocycles. The molecular weight excluding hydrogens is 256 g/mol. The monoisotopic (exact) mass is 276 g/mol. The van der Waals surface area contributed by atoms with Crippen molar-refractivity contribution in [3.8, 4) is 11.1 Å². The largest absolute Gasteiger partial charge is 0.368 e. The predicted octanol–water partition coefficient (Wildman–Crippen LogP) is 4.13. The maximum atomic E-state index is 4.45. The SMILES string of the molecule is CCC=Cc1ccc(-c2ccc(C3=NCCN3)cc2)cc1. The van der Waals surface area contributed by atoms with Crippen LogP contribution in [0.25, 0.3) is 17.2 Å². The highest BCUT2D eigenvalue weighted by Crippen LogP contribution is 2.21. The van der Waals surface area contributed by atoms with Crippen molar-refractivity contribution in [3.63, 3.8) is 0 Å². The fraction of sp³-hybridized carbons (Fsp3) is 0.211. The lowest BCUT2D eigenvalue weighted by Gasteiger charge is -2.06. The molecule has 0 bridgehead atoms. The Morgan fingerprint density at radius 3 is 2.14 bits per heavy atom. The Morgan fingerprint density at radius 2 is 1.57 bits per heavy atom. The number of rotatable bonds is 4. The zero-order valence-corrected chi connectivity index (χ0v) is 12.3. The first-order chi connectivity index (χ1) is 10.4. The van der Waals surface area contributed by atoms with E-state index in [1.54, 1.807) is 0 Å². The molecule has 1 aliphatic heterocycles. The van der Waals surface area contributed by atoms with E-state index < -0.39 is 0 Å². The van der Waals surface area contributed by atoms with Crippen LogP contribution < -0.4 is 5.32 Å². The summed E-state index contributed by atoms with van der Waals surface area (Å²) in [6.07, 6.45) is 5.41. The molecule has 0 spiro atoms. The van der Waals surface area contributed by atoms with Gasteiger partial charge < -0.3 is 5.32 Å².